The summed E-state index contributed by atoms with van der Waals surface area (Å²) in [5.41, 5.74) is 1.46. The standard InChI is InChI=1S/C17H22N4O2/c1-13-6-5-7-14(10-13)21-11-15(19-20-21)16(22)18-12-17(23)8-3-2-4-9-17/h5-7,10-11,23H,2-4,8-9,12H2,1H3,(H,18,22). The van der Waals surface area contributed by atoms with Gasteiger partial charge in [0, 0.05) is 6.54 Å². The van der Waals surface area contributed by atoms with Gasteiger partial charge in [-0.05, 0) is 37.5 Å². The Balaban J connectivity index is 1.64. The van der Waals surface area contributed by atoms with Crippen LogP contribution < -0.4 is 5.32 Å². The van der Waals surface area contributed by atoms with Gasteiger partial charge in [-0.25, -0.2) is 4.68 Å². The molecule has 1 fully saturated rings. The molecule has 2 aromatic rings. The Morgan fingerprint density at radius 1 is 1.35 bits per heavy atom. The molecule has 1 aromatic heterocycles. The lowest BCUT2D eigenvalue weighted by Crippen LogP contribution is -2.44. The number of nitrogens with one attached hydrogen (secondary N) is 1. The van der Waals surface area contributed by atoms with Gasteiger partial charge < -0.3 is 10.4 Å². The number of amides is 1. The summed E-state index contributed by atoms with van der Waals surface area (Å²) in [7, 11) is 0. The van der Waals surface area contributed by atoms with E-state index in [0.717, 1.165) is 43.4 Å². The molecule has 1 saturated carbocycles. The summed E-state index contributed by atoms with van der Waals surface area (Å²) >= 11 is 0. The second-order valence-corrected chi connectivity index (χ2v) is 6.36. The lowest BCUT2D eigenvalue weighted by Gasteiger charge is -2.31. The Kier molecular flexibility index (Phi) is 4.43. The van der Waals surface area contributed by atoms with Crippen molar-refractivity contribution in [1.82, 2.24) is 20.3 Å². The molecule has 0 spiro atoms. The summed E-state index contributed by atoms with van der Waals surface area (Å²) in [5.74, 6) is -0.303. The zero-order valence-corrected chi connectivity index (χ0v) is 13.3. The fourth-order valence-corrected chi connectivity index (χ4v) is 2.99. The minimum Gasteiger partial charge on any atom is -0.388 e. The lowest BCUT2D eigenvalue weighted by molar-refractivity contribution is 0.00521. The predicted molar refractivity (Wildman–Crippen MR) is 86.5 cm³/mol. The zero-order chi connectivity index (χ0) is 16.3. The van der Waals surface area contributed by atoms with Gasteiger partial charge in [0.05, 0.1) is 17.5 Å². The smallest absolute Gasteiger partial charge is 0.273 e. The molecule has 122 valence electrons. The molecule has 23 heavy (non-hydrogen) atoms. The quantitative estimate of drug-likeness (QED) is 0.904. The highest BCUT2D eigenvalue weighted by molar-refractivity contribution is 5.91. The van der Waals surface area contributed by atoms with Gasteiger partial charge in [-0.2, -0.15) is 0 Å². The number of aryl methyl sites for hydroxylation is 1. The number of benzene rings is 1. The number of aliphatic hydroxyl groups is 1. The van der Waals surface area contributed by atoms with E-state index < -0.39 is 5.60 Å². The van der Waals surface area contributed by atoms with Crippen LogP contribution >= 0.6 is 0 Å². The van der Waals surface area contributed by atoms with Crippen LogP contribution in [0, 0.1) is 6.92 Å². The SMILES string of the molecule is Cc1cccc(-n2cc(C(=O)NCC3(O)CCCCC3)nn2)c1. The molecule has 1 aliphatic carbocycles. The fourth-order valence-electron chi connectivity index (χ4n) is 2.99. The molecule has 0 radical (unpaired) electrons. The van der Waals surface area contributed by atoms with E-state index in [1.54, 1.807) is 10.9 Å². The Labute approximate surface area is 135 Å². The Morgan fingerprint density at radius 3 is 2.87 bits per heavy atom. The molecule has 0 saturated heterocycles. The van der Waals surface area contributed by atoms with Crippen LogP contribution in [0.25, 0.3) is 5.69 Å². The van der Waals surface area contributed by atoms with Gasteiger partial charge in [0.15, 0.2) is 5.69 Å². The van der Waals surface area contributed by atoms with Gasteiger partial charge >= 0.3 is 0 Å². The summed E-state index contributed by atoms with van der Waals surface area (Å²) in [6.45, 7) is 2.27. The van der Waals surface area contributed by atoms with E-state index in [0.29, 0.717) is 0 Å². The summed E-state index contributed by atoms with van der Waals surface area (Å²) in [6.07, 6.45) is 6.26. The zero-order valence-electron chi connectivity index (χ0n) is 13.3. The molecule has 0 bridgehead atoms. The first kappa shape index (κ1) is 15.7. The molecule has 6 heteroatoms. The lowest BCUT2D eigenvalue weighted by atomic mass is 9.85. The van der Waals surface area contributed by atoms with Crippen molar-refractivity contribution in [2.45, 2.75) is 44.6 Å². The molecule has 6 nitrogen and oxygen atoms in total. The van der Waals surface area contributed by atoms with Gasteiger partial charge in [-0.3, -0.25) is 4.79 Å². The minimum absolute atomic E-state index is 0.255. The van der Waals surface area contributed by atoms with Crippen LogP contribution in [0.15, 0.2) is 30.5 Å². The summed E-state index contributed by atoms with van der Waals surface area (Å²) in [6, 6.07) is 7.82. The third kappa shape index (κ3) is 3.76. The van der Waals surface area contributed by atoms with Gasteiger partial charge in [-0.1, -0.05) is 36.6 Å². The summed E-state index contributed by atoms with van der Waals surface area (Å²) < 4.78 is 1.58. The van der Waals surface area contributed by atoms with Gasteiger partial charge in [0.25, 0.3) is 5.91 Å². The van der Waals surface area contributed by atoms with Gasteiger partial charge in [0.2, 0.25) is 0 Å². The van der Waals surface area contributed by atoms with Crippen molar-refractivity contribution in [3.05, 3.63) is 41.7 Å². The largest absolute Gasteiger partial charge is 0.388 e. The molecular weight excluding hydrogens is 292 g/mol. The number of hydrogen-bond acceptors (Lipinski definition) is 4. The Hall–Kier alpha value is -2.21. The maximum Gasteiger partial charge on any atom is 0.273 e. The Bertz CT molecular complexity index is 689. The van der Waals surface area contributed by atoms with Gasteiger partial charge in [0.1, 0.15) is 0 Å². The van der Waals surface area contributed by atoms with Crippen LogP contribution in [-0.4, -0.2) is 38.2 Å². The highest BCUT2D eigenvalue weighted by Gasteiger charge is 2.29. The number of carbonyl (C=O) groups is 1. The number of nitrogens with zero attached hydrogens (tertiary/aromatic N) is 3. The number of aromatic nitrogens is 3. The van der Waals surface area contributed by atoms with E-state index in [1.807, 2.05) is 31.2 Å². The molecule has 1 amide bonds. The average Bonchev–Trinajstić information content (AvgIpc) is 3.03. The summed E-state index contributed by atoms with van der Waals surface area (Å²) in [4.78, 5) is 12.2. The van der Waals surface area contributed by atoms with Crippen LogP contribution in [0.1, 0.15) is 48.2 Å². The van der Waals surface area contributed by atoms with Crippen molar-refractivity contribution >= 4 is 5.91 Å². The van der Waals surface area contributed by atoms with E-state index in [-0.39, 0.29) is 18.1 Å². The first-order valence-electron chi connectivity index (χ1n) is 8.06. The highest BCUT2D eigenvalue weighted by atomic mass is 16.3. The minimum atomic E-state index is -0.777. The molecule has 3 rings (SSSR count). The third-order valence-electron chi connectivity index (χ3n) is 4.35. The van der Waals surface area contributed by atoms with Crippen LogP contribution in [0.2, 0.25) is 0 Å². The summed E-state index contributed by atoms with van der Waals surface area (Å²) in [5, 5.41) is 21.1. The molecule has 1 heterocycles. The fraction of sp³-hybridized carbons (Fsp3) is 0.471. The van der Waals surface area contributed by atoms with Crippen LogP contribution in [0.3, 0.4) is 0 Å². The van der Waals surface area contributed by atoms with Crippen LogP contribution in [0.5, 0.6) is 0 Å². The highest BCUT2D eigenvalue weighted by Crippen LogP contribution is 2.27. The number of rotatable bonds is 4. The topological polar surface area (TPSA) is 80.0 Å². The molecule has 2 N–H and O–H groups in total. The maximum atomic E-state index is 12.2. The molecule has 0 aliphatic heterocycles. The van der Waals surface area contributed by atoms with Crippen molar-refractivity contribution in [3.8, 4) is 5.69 Å². The van der Waals surface area contributed by atoms with Crippen LogP contribution in [0.4, 0.5) is 0 Å². The first-order valence-corrected chi connectivity index (χ1v) is 8.06. The van der Waals surface area contributed by atoms with Crippen molar-refractivity contribution in [2.75, 3.05) is 6.54 Å². The first-order chi connectivity index (χ1) is 11.1. The molecule has 0 unspecified atom stereocenters. The second kappa shape index (κ2) is 6.50. The van der Waals surface area contributed by atoms with Crippen molar-refractivity contribution in [1.29, 1.82) is 0 Å². The molecular formula is C17H22N4O2. The van der Waals surface area contributed by atoms with E-state index in [1.165, 1.54) is 0 Å². The van der Waals surface area contributed by atoms with E-state index in [4.69, 9.17) is 0 Å². The predicted octanol–water partition coefficient (Wildman–Crippen LogP) is 2.00. The van der Waals surface area contributed by atoms with E-state index in [2.05, 4.69) is 15.6 Å². The monoisotopic (exact) mass is 314 g/mol. The second-order valence-electron chi connectivity index (χ2n) is 6.36. The number of carbonyl (C=O) groups excluding carboxylic acids is 1. The normalized spacial score (nSPS) is 17.0. The molecule has 0 atom stereocenters. The average molecular weight is 314 g/mol. The molecule has 1 aliphatic rings. The van der Waals surface area contributed by atoms with Crippen molar-refractivity contribution < 1.29 is 9.90 Å². The van der Waals surface area contributed by atoms with E-state index in [9.17, 15) is 9.90 Å². The number of hydrogen-bond donors (Lipinski definition) is 2. The van der Waals surface area contributed by atoms with Crippen molar-refractivity contribution in [3.63, 3.8) is 0 Å². The van der Waals surface area contributed by atoms with Gasteiger partial charge in [-0.15, -0.1) is 5.10 Å². The maximum absolute atomic E-state index is 12.2. The molecule has 1 aromatic carbocycles. The van der Waals surface area contributed by atoms with Crippen molar-refractivity contribution in [2.24, 2.45) is 0 Å². The van der Waals surface area contributed by atoms with Crippen LogP contribution in [-0.2, 0) is 0 Å². The Morgan fingerprint density at radius 2 is 2.13 bits per heavy atom. The van der Waals surface area contributed by atoms with E-state index >= 15 is 0 Å². The third-order valence-corrected chi connectivity index (χ3v) is 4.35.